The third-order valence-electron chi connectivity index (χ3n) is 7.53. The lowest BCUT2D eigenvalue weighted by Gasteiger charge is -2.20. The van der Waals surface area contributed by atoms with E-state index in [9.17, 15) is 0 Å². The molecule has 0 saturated heterocycles. The van der Waals surface area contributed by atoms with Crippen molar-refractivity contribution in [3.63, 3.8) is 0 Å². The van der Waals surface area contributed by atoms with E-state index in [1.165, 1.54) is 54.6 Å². The molecule has 1 heterocycles. The van der Waals surface area contributed by atoms with Gasteiger partial charge >= 0.3 is 0 Å². The van der Waals surface area contributed by atoms with E-state index in [-0.39, 0.29) is 0 Å². The first-order valence-electron chi connectivity index (χ1n) is 12.8. The average Bonchev–Trinajstić information content (AvgIpc) is 3.00. The lowest BCUT2D eigenvalue weighted by Crippen LogP contribution is -1.94. The summed E-state index contributed by atoms with van der Waals surface area (Å²) in [5.74, 6) is 1.85. The van der Waals surface area contributed by atoms with Gasteiger partial charge in [0.1, 0.15) is 11.5 Å². The van der Waals surface area contributed by atoms with Crippen molar-refractivity contribution in [3.05, 3.63) is 133 Å². The molecular weight excluding hydrogens is 480 g/mol. The van der Waals surface area contributed by atoms with Gasteiger partial charge in [0.15, 0.2) is 0 Å². The number of hydrogen-bond donors (Lipinski definition) is 0. The van der Waals surface area contributed by atoms with Gasteiger partial charge in [0, 0.05) is 0 Å². The monoisotopic (exact) mass is 502 g/mol. The van der Waals surface area contributed by atoms with E-state index >= 15 is 0 Å². The Morgan fingerprint density at radius 3 is 1.50 bits per heavy atom. The number of benzene rings is 7. The molecule has 7 aromatic rings. The molecule has 8 rings (SSSR count). The molecule has 0 aromatic heterocycles. The van der Waals surface area contributed by atoms with Crippen LogP contribution >= 0.6 is 11.8 Å². The van der Waals surface area contributed by atoms with Crippen LogP contribution < -0.4 is 4.74 Å². The SMILES string of the molecule is c1ccc2c(c1)Oc1ccc(-c3ccc(-c4ccc5c6ccccc6c6ccccc6c5c4)cc3)cc1S2. The number of fused-ring (bicyclic) bond motifs is 8. The fourth-order valence-electron chi connectivity index (χ4n) is 5.65. The van der Waals surface area contributed by atoms with Gasteiger partial charge in [0.25, 0.3) is 0 Å². The molecule has 0 aliphatic carbocycles. The third-order valence-corrected chi connectivity index (χ3v) is 8.62. The fourth-order valence-corrected chi connectivity index (χ4v) is 6.64. The largest absolute Gasteiger partial charge is 0.455 e. The molecule has 2 heteroatoms. The Kier molecular flexibility index (Phi) is 4.83. The van der Waals surface area contributed by atoms with E-state index in [4.69, 9.17) is 4.74 Å². The molecule has 0 unspecified atom stereocenters. The van der Waals surface area contributed by atoms with E-state index in [1.807, 2.05) is 12.1 Å². The molecule has 38 heavy (non-hydrogen) atoms. The Morgan fingerprint density at radius 2 is 0.816 bits per heavy atom. The molecule has 1 nitrogen and oxygen atoms in total. The number of para-hydroxylation sites is 1. The van der Waals surface area contributed by atoms with Crippen molar-refractivity contribution in [1.29, 1.82) is 0 Å². The smallest absolute Gasteiger partial charge is 0.141 e. The van der Waals surface area contributed by atoms with Gasteiger partial charge in [-0.25, -0.2) is 0 Å². The lowest BCUT2D eigenvalue weighted by atomic mass is 9.92. The predicted molar refractivity (Wildman–Crippen MR) is 160 cm³/mol. The van der Waals surface area contributed by atoms with Crippen molar-refractivity contribution in [2.75, 3.05) is 0 Å². The first kappa shape index (κ1) is 21.5. The highest BCUT2D eigenvalue weighted by atomic mass is 32.2. The van der Waals surface area contributed by atoms with Crippen LogP contribution in [0, 0.1) is 0 Å². The van der Waals surface area contributed by atoms with E-state index < -0.39 is 0 Å². The summed E-state index contributed by atoms with van der Waals surface area (Å²) in [6.45, 7) is 0. The van der Waals surface area contributed by atoms with Crippen molar-refractivity contribution in [1.82, 2.24) is 0 Å². The molecule has 0 saturated carbocycles. The van der Waals surface area contributed by atoms with Crippen LogP contribution in [0.5, 0.6) is 11.5 Å². The summed E-state index contributed by atoms with van der Waals surface area (Å²) in [4.78, 5) is 2.31. The van der Waals surface area contributed by atoms with Gasteiger partial charge in [0.2, 0.25) is 0 Å². The molecule has 0 atom stereocenters. The standard InChI is InChI=1S/C36H22OS/c1-2-9-29-27(7-1)28-8-3-4-10-30(28)32-21-25(17-19-31(29)32)23-13-15-24(16-14-23)26-18-20-34-36(22-26)38-35-12-6-5-11-33(35)37-34/h1-22H. The van der Waals surface area contributed by atoms with Crippen molar-refractivity contribution in [2.24, 2.45) is 0 Å². The van der Waals surface area contributed by atoms with Crippen LogP contribution in [0.3, 0.4) is 0 Å². The number of hydrogen-bond acceptors (Lipinski definition) is 2. The molecule has 0 fully saturated rings. The topological polar surface area (TPSA) is 9.23 Å². The number of rotatable bonds is 2. The van der Waals surface area contributed by atoms with E-state index in [0.29, 0.717) is 0 Å². The highest BCUT2D eigenvalue weighted by Crippen LogP contribution is 2.48. The fraction of sp³-hybridized carbons (Fsp3) is 0. The van der Waals surface area contributed by atoms with Crippen LogP contribution in [0.1, 0.15) is 0 Å². The van der Waals surface area contributed by atoms with Crippen LogP contribution in [0.25, 0.3) is 54.6 Å². The van der Waals surface area contributed by atoms with Crippen molar-refractivity contribution in [2.45, 2.75) is 9.79 Å². The maximum atomic E-state index is 6.12. The quantitative estimate of drug-likeness (QED) is 0.217. The second kappa shape index (κ2) is 8.51. The van der Waals surface area contributed by atoms with Gasteiger partial charge in [-0.3, -0.25) is 0 Å². The minimum Gasteiger partial charge on any atom is -0.455 e. The highest BCUT2D eigenvalue weighted by Gasteiger charge is 2.18. The Hall–Kier alpha value is -4.53. The molecule has 0 amide bonds. The zero-order valence-corrected chi connectivity index (χ0v) is 21.3. The summed E-state index contributed by atoms with van der Waals surface area (Å²) in [5, 5.41) is 7.82. The van der Waals surface area contributed by atoms with E-state index in [1.54, 1.807) is 11.8 Å². The van der Waals surface area contributed by atoms with Gasteiger partial charge in [0.05, 0.1) is 9.79 Å². The Bertz CT molecular complexity index is 1990. The van der Waals surface area contributed by atoms with E-state index in [2.05, 4.69) is 121 Å². The Labute approximate surface area is 225 Å². The van der Waals surface area contributed by atoms with Crippen LogP contribution in [0.15, 0.2) is 143 Å². The minimum atomic E-state index is 0.921. The summed E-state index contributed by atoms with van der Waals surface area (Å²) in [5.41, 5.74) is 4.85. The summed E-state index contributed by atoms with van der Waals surface area (Å²) in [7, 11) is 0. The van der Waals surface area contributed by atoms with Crippen LogP contribution in [0.2, 0.25) is 0 Å². The van der Waals surface area contributed by atoms with Gasteiger partial charge in [-0.15, -0.1) is 0 Å². The summed E-state index contributed by atoms with van der Waals surface area (Å²) < 4.78 is 6.12. The highest BCUT2D eigenvalue weighted by molar-refractivity contribution is 7.99. The zero-order valence-electron chi connectivity index (χ0n) is 20.5. The van der Waals surface area contributed by atoms with Crippen LogP contribution in [0.4, 0.5) is 0 Å². The van der Waals surface area contributed by atoms with Gasteiger partial charge in [-0.2, -0.15) is 0 Å². The van der Waals surface area contributed by atoms with Crippen LogP contribution in [-0.2, 0) is 0 Å². The molecule has 7 aromatic carbocycles. The Morgan fingerprint density at radius 1 is 0.342 bits per heavy atom. The molecule has 1 aliphatic heterocycles. The molecule has 1 aliphatic rings. The zero-order chi connectivity index (χ0) is 25.1. The normalized spacial score (nSPS) is 12.3. The summed E-state index contributed by atoms with van der Waals surface area (Å²) >= 11 is 1.77. The molecule has 0 bridgehead atoms. The lowest BCUT2D eigenvalue weighted by molar-refractivity contribution is 0.454. The first-order valence-corrected chi connectivity index (χ1v) is 13.7. The molecule has 178 valence electrons. The molecule has 0 N–H and O–H groups in total. The second-order valence-electron chi connectivity index (χ2n) is 9.74. The maximum absolute atomic E-state index is 6.12. The maximum Gasteiger partial charge on any atom is 0.141 e. The first-order chi connectivity index (χ1) is 18.8. The van der Waals surface area contributed by atoms with Crippen molar-refractivity contribution in [3.8, 4) is 33.8 Å². The van der Waals surface area contributed by atoms with Gasteiger partial charge in [-0.1, -0.05) is 115 Å². The summed E-state index contributed by atoms with van der Waals surface area (Å²) in [6.07, 6.45) is 0. The predicted octanol–water partition coefficient (Wildman–Crippen LogP) is 10.7. The molecule has 0 radical (unpaired) electrons. The van der Waals surface area contributed by atoms with Gasteiger partial charge < -0.3 is 4.74 Å². The molecule has 0 spiro atoms. The van der Waals surface area contributed by atoms with Gasteiger partial charge in [-0.05, 0) is 84.9 Å². The average molecular weight is 503 g/mol. The number of ether oxygens (including phenoxy) is 1. The molecular formula is C36H22OS. The Balaban J connectivity index is 1.18. The second-order valence-corrected chi connectivity index (χ2v) is 10.8. The summed E-state index contributed by atoms with van der Waals surface area (Å²) in [6, 6.07) is 48.0. The van der Waals surface area contributed by atoms with Crippen molar-refractivity contribution >= 4 is 44.1 Å². The third kappa shape index (κ3) is 3.42. The minimum absolute atomic E-state index is 0.921. The van der Waals surface area contributed by atoms with Crippen molar-refractivity contribution < 1.29 is 4.74 Å². The van der Waals surface area contributed by atoms with Crippen LogP contribution in [-0.4, -0.2) is 0 Å². The van der Waals surface area contributed by atoms with E-state index in [0.717, 1.165) is 21.3 Å².